The summed E-state index contributed by atoms with van der Waals surface area (Å²) in [5.41, 5.74) is 1.65. The highest BCUT2D eigenvalue weighted by molar-refractivity contribution is 6.25. The molecule has 1 unspecified atom stereocenters. The van der Waals surface area contributed by atoms with Crippen molar-refractivity contribution in [2.24, 2.45) is 10.8 Å². The number of halogens is 2. The molecule has 6 saturated heterocycles. The number of fused-ring (bicyclic) bond motifs is 1. The van der Waals surface area contributed by atoms with E-state index in [1.54, 1.807) is 29.4 Å². The van der Waals surface area contributed by atoms with Crippen LogP contribution >= 0.6 is 0 Å². The van der Waals surface area contributed by atoms with Gasteiger partial charge in [0.15, 0.2) is 0 Å². The zero-order chi connectivity index (χ0) is 49.5. The number of imide groups is 2. The number of anilines is 4. The summed E-state index contributed by atoms with van der Waals surface area (Å²) in [6.45, 7) is 15.9. The van der Waals surface area contributed by atoms with Gasteiger partial charge < -0.3 is 35.6 Å². The molecule has 0 radical (unpaired) electrons. The van der Waals surface area contributed by atoms with E-state index in [2.05, 4.69) is 64.7 Å². The molecule has 1 aromatic heterocycles. The Balaban J connectivity index is 0.639. The summed E-state index contributed by atoms with van der Waals surface area (Å²) in [5, 5.41) is 12.4. The molecule has 17 nitrogen and oxygen atoms in total. The zero-order valence-electron chi connectivity index (χ0n) is 41.2. The molecular formula is C52H68F2N12O5. The van der Waals surface area contributed by atoms with Crippen molar-refractivity contribution in [3.8, 4) is 0 Å². The number of aromatic nitrogens is 2. The van der Waals surface area contributed by atoms with E-state index in [-0.39, 0.29) is 47.5 Å². The molecule has 2 spiro atoms. The number of likely N-dealkylation sites (tertiary alicyclic amines) is 3. The molecule has 7 aliphatic rings. The van der Waals surface area contributed by atoms with Crippen LogP contribution in [0.1, 0.15) is 104 Å². The Hall–Kier alpha value is -5.79. The first-order valence-electron chi connectivity index (χ1n) is 25.7. The normalized spacial score (nSPS) is 24.8. The van der Waals surface area contributed by atoms with Gasteiger partial charge in [-0.3, -0.25) is 39.1 Å². The first-order valence-corrected chi connectivity index (χ1v) is 25.7. The fourth-order valence-corrected chi connectivity index (χ4v) is 12.2. The maximum Gasteiger partial charge on any atom is 0.264 e. The number of benzene rings is 2. The highest BCUT2D eigenvalue weighted by atomic mass is 19.1. The third-order valence-corrected chi connectivity index (χ3v) is 16.4. The number of piperidine rings is 3. The molecule has 19 heteroatoms. The number of carbonyl (C=O) groups excluding carboxylic acids is 5. The van der Waals surface area contributed by atoms with Crippen molar-refractivity contribution in [3.05, 3.63) is 71.1 Å². The minimum Gasteiger partial charge on any atom is -0.384 e. The largest absolute Gasteiger partial charge is 0.384 e. The summed E-state index contributed by atoms with van der Waals surface area (Å²) in [5.74, 6) is -1.56. The SMILES string of the molecule is CC1(C)CCN(Cc2cc(F)c(N3CC(=O)NC4(CCN(c5cc(NCCCN6CC[C@@]7(CCN(CCCNc8cccc9c8C(=O)N(C8CCC(=O)NC8=O)C9=O)C7)C6)ncn5)CC4)C3)cc2F)CC1. The van der Waals surface area contributed by atoms with Crippen molar-refractivity contribution in [2.45, 2.75) is 96.2 Å². The highest BCUT2D eigenvalue weighted by Crippen LogP contribution is 2.40. The van der Waals surface area contributed by atoms with E-state index in [0.717, 1.165) is 101 Å². The van der Waals surface area contributed by atoms with Gasteiger partial charge in [0.1, 0.15) is 35.6 Å². The summed E-state index contributed by atoms with van der Waals surface area (Å²) in [7, 11) is 0. The van der Waals surface area contributed by atoms with Crippen molar-refractivity contribution in [1.29, 1.82) is 0 Å². The Kier molecular flexibility index (Phi) is 13.8. The predicted octanol–water partition coefficient (Wildman–Crippen LogP) is 4.46. The molecule has 5 amide bonds. The molecular weight excluding hydrogens is 911 g/mol. The molecule has 0 saturated carbocycles. The van der Waals surface area contributed by atoms with Gasteiger partial charge in [-0.25, -0.2) is 18.7 Å². The fraction of sp³-hybridized carbons (Fsp3) is 0.596. The van der Waals surface area contributed by atoms with Crippen molar-refractivity contribution < 1.29 is 32.8 Å². The third-order valence-electron chi connectivity index (χ3n) is 16.4. The van der Waals surface area contributed by atoms with Gasteiger partial charge in [0.05, 0.1) is 28.9 Å². The average Bonchev–Trinajstić information content (AvgIpc) is 4.02. The summed E-state index contributed by atoms with van der Waals surface area (Å²) in [6.07, 6.45) is 9.31. The molecule has 2 aromatic carbocycles. The number of nitrogens with zero attached hydrogens (tertiary/aromatic N) is 8. The maximum atomic E-state index is 15.7. The Morgan fingerprint density at radius 2 is 1.44 bits per heavy atom. The molecule has 71 heavy (non-hydrogen) atoms. The number of carbonyl (C=O) groups is 5. The average molecular weight is 979 g/mol. The monoisotopic (exact) mass is 979 g/mol. The van der Waals surface area contributed by atoms with E-state index in [1.807, 2.05) is 6.07 Å². The number of nitrogens with one attached hydrogen (secondary N) is 4. The zero-order valence-corrected chi connectivity index (χ0v) is 41.2. The number of hydrogen-bond acceptors (Lipinski definition) is 14. The lowest BCUT2D eigenvalue weighted by molar-refractivity contribution is -0.136. The first-order chi connectivity index (χ1) is 34.1. The lowest BCUT2D eigenvalue weighted by Crippen LogP contribution is -2.66. The Morgan fingerprint density at radius 3 is 2.15 bits per heavy atom. The lowest BCUT2D eigenvalue weighted by atomic mass is 9.82. The van der Waals surface area contributed by atoms with Gasteiger partial charge in [0, 0.05) is 82.2 Å². The molecule has 2 atom stereocenters. The molecule has 380 valence electrons. The van der Waals surface area contributed by atoms with Gasteiger partial charge in [0.25, 0.3) is 11.8 Å². The second-order valence-electron chi connectivity index (χ2n) is 22.1. The van der Waals surface area contributed by atoms with Crippen LogP contribution in [-0.2, 0) is 20.9 Å². The number of rotatable bonds is 15. The van der Waals surface area contributed by atoms with Crippen LogP contribution in [0.2, 0.25) is 0 Å². The molecule has 0 aliphatic carbocycles. The van der Waals surface area contributed by atoms with E-state index >= 15 is 8.78 Å². The van der Waals surface area contributed by atoms with Crippen molar-refractivity contribution in [3.63, 3.8) is 0 Å². The van der Waals surface area contributed by atoms with E-state index < -0.39 is 46.8 Å². The van der Waals surface area contributed by atoms with Crippen molar-refractivity contribution in [2.75, 3.05) is 112 Å². The molecule has 7 aliphatic heterocycles. The summed E-state index contributed by atoms with van der Waals surface area (Å²) in [4.78, 5) is 85.3. The second kappa shape index (κ2) is 20.0. The Morgan fingerprint density at radius 1 is 0.732 bits per heavy atom. The summed E-state index contributed by atoms with van der Waals surface area (Å²) >= 11 is 0. The Labute approximate surface area is 414 Å². The van der Waals surface area contributed by atoms with Crippen LogP contribution in [0.4, 0.5) is 31.8 Å². The molecule has 0 bridgehead atoms. The van der Waals surface area contributed by atoms with Gasteiger partial charge in [0.2, 0.25) is 17.7 Å². The minimum absolute atomic E-state index is 0.0190. The van der Waals surface area contributed by atoms with Crippen LogP contribution in [0, 0.1) is 22.5 Å². The minimum atomic E-state index is -0.992. The third kappa shape index (κ3) is 10.6. The second-order valence-corrected chi connectivity index (χ2v) is 22.1. The van der Waals surface area contributed by atoms with Gasteiger partial charge in [-0.1, -0.05) is 19.9 Å². The lowest BCUT2D eigenvalue weighted by Gasteiger charge is -2.48. The van der Waals surface area contributed by atoms with E-state index in [4.69, 9.17) is 0 Å². The smallest absolute Gasteiger partial charge is 0.264 e. The van der Waals surface area contributed by atoms with Crippen molar-refractivity contribution in [1.82, 2.24) is 40.2 Å². The molecule has 8 heterocycles. The number of piperazine rings is 1. The van der Waals surface area contributed by atoms with Gasteiger partial charge in [-0.2, -0.15) is 0 Å². The van der Waals surface area contributed by atoms with Gasteiger partial charge in [-0.05, 0) is 126 Å². The van der Waals surface area contributed by atoms with Crippen LogP contribution in [0.3, 0.4) is 0 Å². The van der Waals surface area contributed by atoms with Crippen LogP contribution in [-0.4, -0.2) is 162 Å². The Bertz CT molecular complexity index is 2550. The fourth-order valence-electron chi connectivity index (χ4n) is 12.2. The number of amides is 5. The first kappa shape index (κ1) is 48.8. The predicted molar refractivity (Wildman–Crippen MR) is 265 cm³/mol. The van der Waals surface area contributed by atoms with Crippen LogP contribution in [0.25, 0.3) is 0 Å². The van der Waals surface area contributed by atoms with Gasteiger partial charge in [-0.15, -0.1) is 0 Å². The number of hydrogen-bond donors (Lipinski definition) is 4. The van der Waals surface area contributed by atoms with E-state index in [1.165, 1.54) is 25.0 Å². The van der Waals surface area contributed by atoms with Crippen LogP contribution in [0.15, 0.2) is 42.7 Å². The van der Waals surface area contributed by atoms with Crippen molar-refractivity contribution >= 4 is 52.5 Å². The quantitative estimate of drug-likeness (QED) is 0.124. The highest BCUT2D eigenvalue weighted by Gasteiger charge is 2.47. The standard InChI is InChI=1S/C52H68F2N12O5/c1-50(2)10-20-61(21-11-50)29-35-26-38(54)41(27-37(35)53)65-30-45(68)60-52(33-65)14-24-64(25-15-52)43-28-42(57-34-58-43)56-17-5-19-63-23-13-51(32-63)12-22-62(31-51)18-4-16-55-39-7-3-6-36-46(39)49(71)66(48(36)70)40-8-9-44(67)59-47(40)69/h3,6-7,26-28,34,40,55H,4-5,8-25,29-33H2,1-2H3,(H,60,68)(H,56,57,58)(H,59,67,69)/t40?,51-/m1/s1. The summed E-state index contributed by atoms with van der Waals surface area (Å²) < 4.78 is 31.2. The maximum absolute atomic E-state index is 15.7. The molecule has 10 rings (SSSR count). The molecule has 4 N–H and O–H groups in total. The van der Waals surface area contributed by atoms with Crippen LogP contribution in [0.5, 0.6) is 0 Å². The van der Waals surface area contributed by atoms with E-state index in [0.29, 0.717) is 62.2 Å². The molecule has 6 fully saturated rings. The van der Waals surface area contributed by atoms with Crippen LogP contribution < -0.4 is 31.1 Å². The topological polar surface area (TPSA) is 179 Å². The van der Waals surface area contributed by atoms with E-state index in [9.17, 15) is 24.0 Å². The summed E-state index contributed by atoms with van der Waals surface area (Å²) in [6, 6.07) is 8.74. The molecule has 3 aromatic rings. The van der Waals surface area contributed by atoms with Gasteiger partial charge >= 0.3 is 0 Å².